The molecule has 2 rings (SSSR count). The van der Waals surface area contributed by atoms with Crippen LogP contribution in [0.5, 0.6) is 0 Å². The van der Waals surface area contributed by atoms with Crippen molar-refractivity contribution in [3.63, 3.8) is 0 Å². The molecule has 1 saturated heterocycles. The molecule has 1 heterocycles. The van der Waals surface area contributed by atoms with Crippen LogP contribution in [0, 0.1) is 13.8 Å². The topological polar surface area (TPSA) is 46.3 Å². The van der Waals surface area contributed by atoms with Crippen molar-refractivity contribution in [1.82, 2.24) is 4.90 Å². The quantitative estimate of drug-likeness (QED) is 0.776. The third-order valence-electron chi connectivity index (χ3n) is 3.35. The Bertz CT molecular complexity index is 414. The van der Waals surface area contributed by atoms with Crippen LogP contribution < -0.4 is 5.73 Å². The van der Waals surface area contributed by atoms with E-state index in [-0.39, 0.29) is 11.9 Å². The molecule has 1 aliphatic rings. The molecular formula is C13H18N2O. The smallest absolute Gasteiger partial charge is 0.254 e. The van der Waals surface area contributed by atoms with E-state index in [2.05, 4.69) is 0 Å². The zero-order valence-electron chi connectivity index (χ0n) is 9.86. The summed E-state index contributed by atoms with van der Waals surface area (Å²) in [6.45, 7) is 5.50. The molecule has 1 amide bonds. The second-order valence-electron chi connectivity index (χ2n) is 4.55. The summed E-state index contributed by atoms with van der Waals surface area (Å²) in [6, 6.07) is 6.01. The van der Waals surface area contributed by atoms with Crippen LogP contribution in [0.4, 0.5) is 0 Å². The molecule has 3 heteroatoms. The number of benzene rings is 1. The largest absolute Gasteiger partial charge is 0.337 e. The van der Waals surface area contributed by atoms with Crippen molar-refractivity contribution < 1.29 is 4.79 Å². The van der Waals surface area contributed by atoms with E-state index in [1.54, 1.807) is 0 Å². The Hall–Kier alpha value is -1.35. The van der Waals surface area contributed by atoms with E-state index in [1.807, 2.05) is 36.9 Å². The van der Waals surface area contributed by atoms with Crippen LogP contribution in [0.15, 0.2) is 18.2 Å². The van der Waals surface area contributed by atoms with E-state index < -0.39 is 0 Å². The zero-order chi connectivity index (χ0) is 11.7. The Morgan fingerprint density at radius 3 is 2.81 bits per heavy atom. The summed E-state index contributed by atoms with van der Waals surface area (Å²) in [5.74, 6) is 0.120. The number of hydrogen-bond acceptors (Lipinski definition) is 2. The summed E-state index contributed by atoms with van der Waals surface area (Å²) in [7, 11) is 0. The Balaban J connectivity index is 2.24. The van der Waals surface area contributed by atoms with Gasteiger partial charge in [0.2, 0.25) is 0 Å². The number of nitrogens with zero attached hydrogens (tertiary/aromatic N) is 1. The van der Waals surface area contributed by atoms with E-state index in [1.165, 1.54) is 0 Å². The number of rotatable bonds is 1. The second-order valence-corrected chi connectivity index (χ2v) is 4.55. The molecule has 1 aliphatic heterocycles. The predicted octanol–water partition coefficient (Wildman–Crippen LogP) is 1.48. The van der Waals surface area contributed by atoms with Crippen LogP contribution in [0.25, 0.3) is 0 Å². The molecule has 0 bridgehead atoms. The summed E-state index contributed by atoms with van der Waals surface area (Å²) < 4.78 is 0. The van der Waals surface area contributed by atoms with Crippen molar-refractivity contribution in [1.29, 1.82) is 0 Å². The van der Waals surface area contributed by atoms with E-state index in [0.29, 0.717) is 6.54 Å². The molecule has 16 heavy (non-hydrogen) atoms. The highest BCUT2D eigenvalue weighted by atomic mass is 16.2. The van der Waals surface area contributed by atoms with Crippen LogP contribution in [0.2, 0.25) is 0 Å². The lowest BCUT2D eigenvalue weighted by atomic mass is 10.0. The van der Waals surface area contributed by atoms with Gasteiger partial charge in [0, 0.05) is 24.7 Å². The molecular weight excluding hydrogens is 200 g/mol. The van der Waals surface area contributed by atoms with Gasteiger partial charge in [0.05, 0.1) is 0 Å². The minimum Gasteiger partial charge on any atom is -0.337 e. The number of carbonyl (C=O) groups excluding carboxylic acids is 1. The SMILES string of the molecule is Cc1cccc(C(=O)N2CC[C@H](N)C2)c1C. The van der Waals surface area contributed by atoms with Gasteiger partial charge in [-0.15, -0.1) is 0 Å². The van der Waals surface area contributed by atoms with Gasteiger partial charge in [0.25, 0.3) is 5.91 Å². The van der Waals surface area contributed by atoms with Crippen molar-refractivity contribution in [3.8, 4) is 0 Å². The van der Waals surface area contributed by atoms with Crippen LogP contribution in [-0.2, 0) is 0 Å². The molecule has 1 atom stereocenters. The van der Waals surface area contributed by atoms with Crippen molar-refractivity contribution in [2.45, 2.75) is 26.3 Å². The first-order valence-electron chi connectivity index (χ1n) is 5.70. The molecule has 3 nitrogen and oxygen atoms in total. The molecule has 0 unspecified atom stereocenters. The number of hydrogen-bond donors (Lipinski definition) is 1. The second kappa shape index (κ2) is 4.26. The minimum atomic E-state index is 0.120. The van der Waals surface area contributed by atoms with Gasteiger partial charge in [0.15, 0.2) is 0 Å². The summed E-state index contributed by atoms with van der Waals surface area (Å²) >= 11 is 0. The standard InChI is InChI=1S/C13H18N2O/c1-9-4-3-5-12(10(9)2)13(16)15-7-6-11(14)8-15/h3-5,11H,6-8,14H2,1-2H3/t11-/m0/s1. The van der Waals surface area contributed by atoms with Crippen LogP contribution in [0.3, 0.4) is 0 Å². The van der Waals surface area contributed by atoms with Gasteiger partial charge in [-0.3, -0.25) is 4.79 Å². The highest BCUT2D eigenvalue weighted by molar-refractivity contribution is 5.96. The molecule has 0 saturated carbocycles. The maximum Gasteiger partial charge on any atom is 0.254 e. The lowest BCUT2D eigenvalue weighted by Gasteiger charge is -2.17. The molecule has 1 fully saturated rings. The van der Waals surface area contributed by atoms with Crippen LogP contribution >= 0.6 is 0 Å². The van der Waals surface area contributed by atoms with E-state index >= 15 is 0 Å². The highest BCUT2D eigenvalue weighted by Gasteiger charge is 2.25. The van der Waals surface area contributed by atoms with Crippen molar-refractivity contribution in [2.75, 3.05) is 13.1 Å². The monoisotopic (exact) mass is 218 g/mol. The third-order valence-corrected chi connectivity index (χ3v) is 3.35. The maximum absolute atomic E-state index is 12.2. The van der Waals surface area contributed by atoms with Crippen LogP contribution in [-0.4, -0.2) is 29.9 Å². The normalized spacial score (nSPS) is 20.2. The first-order valence-corrected chi connectivity index (χ1v) is 5.70. The number of amides is 1. The first kappa shape index (κ1) is 11.1. The third kappa shape index (κ3) is 1.95. The molecule has 1 aromatic carbocycles. The van der Waals surface area contributed by atoms with Gasteiger partial charge in [0.1, 0.15) is 0 Å². The Morgan fingerprint density at radius 2 is 2.19 bits per heavy atom. The molecule has 0 aromatic heterocycles. The summed E-state index contributed by atoms with van der Waals surface area (Å²) in [6.07, 6.45) is 0.913. The number of aryl methyl sites for hydroxylation is 1. The molecule has 0 radical (unpaired) electrons. The highest BCUT2D eigenvalue weighted by Crippen LogP contribution is 2.17. The van der Waals surface area contributed by atoms with Gasteiger partial charge in [-0.25, -0.2) is 0 Å². The fourth-order valence-electron chi connectivity index (χ4n) is 2.12. The Morgan fingerprint density at radius 1 is 1.44 bits per heavy atom. The molecule has 86 valence electrons. The fraction of sp³-hybridized carbons (Fsp3) is 0.462. The van der Waals surface area contributed by atoms with E-state index in [4.69, 9.17) is 5.73 Å². The zero-order valence-corrected chi connectivity index (χ0v) is 9.86. The predicted molar refractivity (Wildman–Crippen MR) is 64.4 cm³/mol. The van der Waals surface area contributed by atoms with Gasteiger partial charge in [-0.1, -0.05) is 12.1 Å². The van der Waals surface area contributed by atoms with E-state index in [9.17, 15) is 4.79 Å². The van der Waals surface area contributed by atoms with Crippen molar-refractivity contribution in [2.24, 2.45) is 5.73 Å². The Labute approximate surface area is 96.2 Å². The average Bonchev–Trinajstić information content (AvgIpc) is 2.68. The van der Waals surface area contributed by atoms with Crippen LogP contribution in [0.1, 0.15) is 27.9 Å². The molecule has 2 N–H and O–H groups in total. The van der Waals surface area contributed by atoms with Gasteiger partial charge in [-0.2, -0.15) is 0 Å². The van der Waals surface area contributed by atoms with Gasteiger partial charge >= 0.3 is 0 Å². The van der Waals surface area contributed by atoms with Crippen molar-refractivity contribution >= 4 is 5.91 Å². The van der Waals surface area contributed by atoms with Gasteiger partial charge in [-0.05, 0) is 37.5 Å². The minimum absolute atomic E-state index is 0.120. The summed E-state index contributed by atoms with van der Waals surface area (Å²) in [5, 5.41) is 0. The number of carbonyl (C=O) groups is 1. The van der Waals surface area contributed by atoms with E-state index in [0.717, 1.165) is 29.7 Å². The summed E-state index contributed by atoms with van der Waals surface area (Å²) in [4.78, 5) is 14.1. The fourth-order valence-corrected chi connectivity index (χ4v) is 2.12. The molecule has 0 aliphatic carbocycles. The maximum atomic E-state index is 12.2. The summed E-state index contributed by atoms with van der Waals surface area (Å²) in [5.41, 5.74) is 8.87. The Kier molecular flexibility index (Phi) is 2.97. The lowest BCUT2D eigenvalue weighted by Crippen LogP contribution is -2.32. The first-order chi connectivity index (χ1) is 7.59. The lowest BCUT2D eigenvalue weighted by molar-refractivity contribution is 0.0790. The number of nitrogens with two attached hydrogens (primary N) is 1. The average molecular weight is 218 g/mol. The van der Waals surface area contributed by atoms with Crippen molar-refractivity contribution in [3.05, 3.63) is 34.9 Å². The molecule has 1 aromatic rings. The van der Waals surface area contributed by atoms with Gasteiger partial charge < -0.3 is 10.6 Å². The molecule has 0 spiro atoms. The number of likely N-dealkylation sites (tertiary alicyclic amines) is 1.